The first-order valence-electron chi connectivity index (χ1n) is 5.84. The molecule has 2 aromatic heterocycles. The van der Waals surface area contributed by atoms with Gasteiger partial charge in [-0.3, -0.25) is 4.98 Å². The molecule has 2 atom stereocenters. The Balaban J connectivity index is 1.89. The van der Waals surface area contributed by atoms with E-state index in [-0.39, 0.29) is 12.0 Å². The van der Waals surface area contributed by atoms with Gasteiger partial charge in [0.05, 0.1) is 5.92 Å². The molecule has 5 nitrogen and oxygen atoms in total. The standard InChI is InChI=1S/C12H14N4OS/c1-7-2-3-14-10(4-7)11-15-12(17-16-11)8-5-18-6-9(8)13/h2-4,8-9H,5-6,13H2,1H3. The maximum Gasteiger partial charge on any atom is 0.232 e. The van der Waals surface area contributed by atoms with Crippen molar-refractivity contribution in [3.05, 3.63) is 29.8 Å². The van der Waals surface area contributed by atoms with Crippen molar-refractivity contribution in [3.63, 3.8) is 0 Å². The van der Waals surface area contributed by atoms with Crippen LogP contribution in [0.5, 0.6) is 0 Å². The Bertz CT molecular complexity index is 557. The van der Waals surface area contributed by atoms with E-state index in [1.165, 1.54) is 0 Å². The molecule has 94 valence electrons. The van der Waals surface area contributed by atoms with Gasteiger partial charge in [-0.25, -0.2) is 0 Å². The molecule has 2 aromatic rings. The molecule has 3 rings (SSSR count). The number of hydrogen-bond acceptors (Lipinski definition) is 6. The van der Waals surface area contributed by atoms with E-state index in [1.807, 2.05) is 30.8 Å². The monoisotopic (exact) mass is 262 g/mol. The minimum atomic E-state index is 0.105. The smallest absolute Gasteiger partial charge is 0.232 e. The average molecular weight is 262 g/mol. The van der Waals surface area contributed by atoms with E-state index in [4.69, 9.17) is 10.3 Å². The van der Waals surface area contributed by atoms with E-state index in [0.717, 1.165) is 22.8 Å². The van der Waals surface area contributed by atoms with Crippen molar-refractivity contribution in [2.24, 2.45) is 5.73 Å². The number of nitrogens with two attached hydrogens (primary N) is 1. The third-order valence-electron chi connectivity index (χ3n) is 3.03. The second kappa shape index (κ2) is 4.70. The third kappa shape index (κ3) is 2.13. The van der Waals surface area contributed by atoms with E-state index in [9.17, 15) is 0 Å². The lowest BCUT2D eigenvalue weighted by atomic mass is 10.1. The van der Waals surface area contributed by atoms with Gasteiger partial charge >= 0.3 is 0 Å². The SMILES string of the molecule is Cc1ccnc(-c2noc(C3CSCC3N)n2)c1. The topological polar surface area (TPSA) is 77.8 Å². The van der Waals surface area contributed by atoms with Crippen LogP contribution in [-0.2, 0) is 0 Å². The Morgan fingerprint density at radius 1 is 1.44 bits per heavy atom. The lowest BCUT2D eigenvalue weighted by molar-refractivity contribution is 0.352. The largest absolute Gasteiger partial charge is 0.339 e. The molecule has 2 N–H and O–H groups in total. The summed E-state index contributed by atoms with van der Waals surface area (Å²) >= 11 is 1.82. The Morgan fingerprint density at radius 3 is 3.06 bits per heavy atom. The third-order valence-corrected chi connectivity index (χ3v) is 4.24. The van der Waals surface area contributed by atoms with E-state index < -0.39 is 0 Å². The van der Waals surface area contributed by atoms with E-state index >= 15 is 0 Å². The second-order valence-corrected chi connectivity index (χ2v) is 5.56. The van der Waals surface area contributed by atoms with Gasteiger partial charge in [0.1, 0.15) is 5.69 Å². The number of aromatic nitrogens is 3. The van der Waals surface area contributed by atoms with Crippen LogP contribution in [0, 0.1) is 6.92 Å². The highest BCUT2D eigenvalue weighted by Crippen LogP contribution is 2.31. The highest BCUT2D eigenvalue weighted by atomic mass is 32.2. The summed E-state index contributed by atoms with van der Waals surface area (Å²) in [4.78, 5) is 8.67. The molecule has 6 heteroatoms. The number of rotatable bonds is 2. The molecular formula is C12H14N4OS. The molecule has 1 aliphatic rings. The van der Waals surface area contributed by atoms with Crippen molar-refractivity contribution in [1.82, 2.24) is 15.1 Å². The van der Waals surface area contributed by atoms with Gasteiger partial charge in [0.25, 0.3) is 0 Å². The van der Waals surface area contributed by atoms with E-state index in [0.29, 0.717) is 11.7 Å². The molecule has 1 fully saturated rings. The lowest BCUT2D eigenvalue weighted by Crippen LogP contribution is -2.26. The summed E-state index contributed by atoms with van der Waals surface area (Å²) in [7, 11) is 0. The molecule has 0 spiro atoms. The Labute approximate surface area is 109 Å². The molecule has 1 saturated heterocycles. The van der Waals surface area contributed by atoms with Crippen LogP contribution in [0.15, 0.2) is 22.9 Å². The minimum absolute atomic E-state index is 0.105. The van der Waals surface area contributed by atoms with Crippen molar-refractivity contribution in [2.45, 2.75) is 18.9 Å². The fraction of sp³-hybridized carbons (Fsp3) is 0.417. The molecule has 0 aliphatic carbocycles. The molecule has 0 bridgehead atoms. The highest BCUT2D eigenvalue weighted by molar-refractivity contribution is 7.99. The summed E-state index contributed by atoms with van der Waals surface area (Å²) < 4.78 is 5.32. The van der Waals surface area contributed by atoms with Gasteiger partial charge in [-0.05, 0) is 24.6 Å². The highest BCUT2D eigenvalue weighted by Gasteiger charge is 2.31. The second-order valence-electron chi connectivity index (χ2n) is 4.48. The predicted octanol–water partition coefficient (Wildman–Crippen LogP) is 1.60. The molecule has 0 saturated carbocycles. The fourth-order valence-corrected chi connectivity index (χ4v) is 3.26. The van der Waals surface area contributed by atoms with Crippen LogP contribution >= 0.6 is 11.8 Å². The molecule has 3 heterocycles. The minimum Gasteiger partial charge on any atom is -0.339 e. The molecule has 2 unspecified atom stereocenters. The molecule has 0 radical (unpaired) electrons. The molecular weight excluding hydrogens is 248 g/mol. The van der Waals surface area contributed by atoms with Crippen LogP contribution < -0.4 is 5.73 Å². The van der Waals surface area contributed by atoms with Crippen molar-refractivity contribution in [1.29, 1.82) is 0 Å². The van der Waals surface area contributed by atoms with Gasteiger partial charge in [-0.15, -0.1) is 0 Å². The van der Waals surface area contributed by atoms with Gasteiger partial charge in [-0.1, -0.05) is 5.16 Å². The molecule has 18 heavy (non-hydrogen) atoms. The van der Waals surface area contributed by atoms with Crippen molar-refractivity contribution >= 4 is 11.8 Å². The molecule has 0 aromatic carbocycles. The molecule has 1 aliphatic heterocycles. The van der Waals surface area contributed by atoms with Gasteiger partial charge in [-0.2, -0.15) is 16.7 Å². The van der Waals surface area contributed by atoms with Gasteiger partial charge in [0.2, 0.25) is 11.7 Å². The Kier molecular flexibility index (Phi) is 3.05. The zero-order chi connectivity index (χ0) is 12.5. The number of aryl methyl sites for hydroxylation is 1. The normalized spacial score (nSPS) is 23.4. The summed E-state index contributed by atoms with van der Waals surface area (Å²) in [5, 5.41) is 3.99. The lowest BCUT2D eigenvalue weighted by Gasteiger charge is -2.07. The zero-order valence-electron chi connectivity index (χ0n) is 10.0. The van der Waals surface area contributed by atoms with Gasteiger partial charge in [0, 0.05) is 23.7 Å². The summed E-state index contributed by atoms with van der Waals surface area (Å²) in [6.07, 6.45) is 1.75. The van der Waals surface area contributed by atoms with Gasteiger partial charge < -0.3 is 10.3 Å². The van der Waals surface area contributed by atoms with Crippen molar-refractivity contribution < 1.29 is 4.52 Å². The average Bonchev–Trinajstić information content (AvgIpc) is 2.97. The fourth-order valence-electron chi connectivity index (χ4n) is 1.97. The van der Waals surface area contributed by atoms with Crippen LogP contribution in [0.25, 0.3) is 11.5 Å². The summed E-state index contributed by atoms with van der Waals surface area (Å²) in [5.41, 5.74) is 7.88. The Hall–Kier alpha value is -1.40. The van der Waals surface area contributed by atoms with Crippen molar-refractivity contribution in [3.8, 4) is 11.5 Å². The number of hydrogen-bond donors (Lipinski definition) is 1. The first-order valence-corrected chi connectivity index (χ1v) is 6.99. The van der Waals surface area contributed by atoms with Crippen LogP contribution in [0.3, 0.4) is 0 Å². The number of thioether (sulfide) groups is 1. The van der Waals surface area contributed by atoms with E-state index in [1.54, 1.807) is 6.20 Å². The van der Waals surface area contributed by atoms with Crippen LogP contribution in [0.4, 0.5) is 0 Å². The molecule has 0 amide bonds. The van der Waals surface area contributed by atoms with E-state index in [2.05, 4.69) is 15.1 Å². The predicted molar refractivity (Wildman–Crippen MR) is 70.3 cm³/mol. The number of nitrogens with zero attached hydrogens (tertiary/aromatic N) is 3. The van der Waals surface area contributed by atoms with Crippen molar-refractivity contribution in [2.75, 3.05) is 11.5 Å². The first kappa shape index (κ1) is 11.7. The summed E-state index contributed by atoms with van der Waals surface area (Å²) in [6, 6.07) is 3.99. The first-order chi connectivity index (χ1) is 8.74. The van der Waals surface area contributed by atoms with Crippen LogP contribution in [0.1, 0.15) is 17.4 Å². The van der Waals surface area contributed by atoms with Crippen LogP contribution in [-0.4, -0.2) is 32.7 Å². The quantitative estimate of drug-likeness (QED) is 0.885. The number of pyridine rings is 1. The van der Waals surface area contributed by atoms with Crippen LogP contribution in [0.2, 0.25) is 0 Å². The Morgan fingerprint density at radius 2 is 2.33 bits per heavy atom. The zero-order valence-corrected chi connectivity index (χ0v) is 10.9. The summed E-state index contributed by atoms with van der Waals surface area (Å²) in [5.74, 6) is 3.24. The van der Waals surface area contributed by atoms with Gasteiger partial charge in [0.15, 0.2) is 0 Å². The maximum atomic E-state index is 6.02. The maximum absolute atomic E-state index is 6.02. The summed E-state index contributed by atoms with van der Waals surface area (Å²) in [6.45, 7) is 2.01.